The number of hydrogen-bond acceptors (Lipinski definition) is 1. The normalized spacial score (nSPS) is 18.6. The van der Waals surface area contributed by atoms with Crippen molar-refractivity contribution < 1.29 is 0 Å². The molecule has 0 radical (unpaired) electrons. The van der Waals surface area contributed by atoms with Gasteiger partial charge in [-0.05, 0) is 63.6 Å². The Hall–Kier alpha value is -3.75. The maximum Gasteiger partial charge on any atom is 0.0932 e. The Bertz CT molecular complexity index is 1750. The summed E-state index contributed by atoms with van der Waals surface area (Å²) in [4.78, 5) is 9.12. The lowest BCUT2D eigenvalue weighted by molar-refractivity contribution is 0.876. The lowest BCUT2D eigenvalue weighted by Crippen LogP contribution is -2.38. The van der Waals surface area contributed by atoms with Crippen molar-refractivity contribution in [1.29, 1.82) is 0 Å². The van der Waals surface area contributed by atoms with Gasteiger partial charge in [0.25, 0.3) is 0 Å². The van der Waals surface area contributed by atoms with Crippen LogP contribution < -0.4 is 0 Å². The summed E-state index contributed by atoms with van der Waals surface area (Å²) in [5.41, 5.74) is 8.67. The molecule has 1 aromatic heterocycles. The van der Waals surface area contributed by atoms with Gasteiger partial charge in [0, 0.05) is 21.9 Å². The highest BCUT2D eigenvalue weighted by Gasteiger charge is 2.49. The molecule has 0 aliphatic carbocycles. The van der Waals surface area contributed by atoms with Crippen LogP contribution in [0.3, 0.4) is 0 Å². The van der Waals surface area contributed by atoms with Crippen LogP contribution in [0.1, 0.15) is 16.7 Å². The van der Waals surface area contributed by atoms with Gasteiger partial charge in [-0.2, -0.15) is 0 Å². The van der Waals surface area contributed by atoms with Gasteiger partial charge in [0.05, 0.1) is 22.3 Å². The van der Waals surface area contributed by atoms with Gasteiger partial charge in [0.2, 0.25) is 0 Å². The van der Waals surface area contributed by atoms with Crippen molar-refractivity contribution in [3.8, 4) is 9.85 Å². The van der Waals surface area contributed by atoms with E-state index in [1.165, 1.54) is 27.5 Å². The second-order valence-electron chi connectivity index (χ2n) is 8.55. The number of hydrogen-bond donors (Lipinski definition) is 1. The summed E-state index contributed by atoms with van der Waals surface area (Å²) in [7, 11) is 0. The fourth-order valence-electron chi connectivity index (χ4n) is 5.44. The first kappa shape index (κ1) is 19.7. The van der Waals surface area contributed by atoms with Gasteiger partial charge in [-0.1, -0.05) is 90.8 Å². The van der Waals surface area contributed by atoms with Crippen LogP contribution in [0.5, 0.6) is 0 Å². The fraction of sp³-hybridized carbons (Fsp3) is 0.0323. The number of fused-ring (bicyclic) bond motifs is 5. The monoisotopic (exact) mass is 546 g/mol. The SMILES string of the molecule is C1#CI=CC(C2(c3ccccc3)C(c3ccccc3)=Nc3ccc4c([nH]c5ccccc54)c32)=C1. The maximum absolute atomic E-state index is 5.35. The van der Waals surface area contributed by atoms with Gasteiger partial charge in [-0.25, -0.2) is 0 Å². The van der Waals surface area contributed by atoms with E-state index in [4.69, 9.17) is 4.99 Å². The zero-order valence-electron chi connectivity index (χ0n) is 18.2. The third-order valence-electron chi connectivity index (χ3n) is 6.82. The molecule has 4 aromatic carbocycles. The summed E-state index contributed by atoms with van der Waals surface area (Å²) in [6.07, 6.45) is 2.12. The molecule has 0 amide bonds. The van der Waals surface area contributed by atoms with E-state index in [1.54, 1.807) is 0 Å². The van der Waals surface area contributed by atoms with Gasteiger partial charge in [-0.3, -0.25) is 4.99 Å². The summed E-state index contributed by atoms with van der Waals surface area (Å²) in [6.45, 7) is 0. The average Bonchev–Trinajstić information content (AvgIpc) is 3.47. The van der Waals surface area contributed by atoms with Gasteiger partial charge in [0.1, 0.15) is 0 Å². The van der Waals surface area contributed by atoms with Crippen LogP contribution in [-0.4, -0.2) is 14.7 Å². The number of aliphatic imine (C=N–C) groups is 1. The second-order valence-corrected chi connectivity index (χ2v) is 10.3. The molecular weight excluding hydrogens is 527 g/mol. The number of halogens is 1. The number of aromatic amines is 1. The highest BCUT2D eigenvalue weighted by Crippen LogP contribution is 2.54. The predicted octanol–water partition coefficient (Wildman–Crippen LogP) is 7.42. The summed E-state index contributed by atoms with van der Waals surface area (Å²) in [5, 5.41) is 2.47. The number of H-pyrrole nitrogens is 1. The van der Waals surface area contributed by atoms with Crippen LogP contribution in [0.2, 0.25) is 0 Å². The molecule has 7 rings (SSSR count). The number of para-hydroxylation sites is 1. The molecule has 3 heterocycles. The van der Waals surface area contributed by atoms with Crippen molar-refractivity contribution in [3.63, 3.8) is 0 Å². The van der Waals surface area contributed by atoms with Gasteiger partial charge in [-0.15, -0.1) is 0 Å². The third kappa shape index (κ3) is 2.69. The quantitative estimate of drug-likeness (QED) is 0.180. The Kier molecular flexibility index (Phi) is 4.43. The van der Waals surface area contributed by atoms with E-state index in [0.717, 1.165) is 28.0 Å². The number of nitrogens with zero attached hydrogens (tertiary/aromatic N) is 1. The van der Waals surface area contributed by atoms with Crippen molar-refractivity contribution in [2.24, 2.45) is 4.99 Å². The standard InChI is InChI=1S/C31H19IN2/c1-3-10-21(11-4-1)30-31(22-12-5-2-6-13-22,23-14-9-19-32-20-23)28-27(34-30)18-17-25-24-15-7-8-16-26(24)33-29(25)28/h1-8,10-18,20,33H. The molecule has 1 atom stereocenters. The molecule has 0 saturated heterocycles. The van der Waals surface area contributed by atoms with E-state index >= 15 is 0 Å². The van der Waals surface area contributed by atoms with E-state index in [-0.39, 0.29) is 20.7 Å². The number of rotatable bonds is 3. The minimum atomic E-state index is -0.535. The van der Waals surface area contributed by atoms with Gasteiger partial charge in [0.15, 0.2) is 0 Å². The van der Waals surface area contributed by atoms with Crippen LogP contribution in [0.25, 0.3) is 21.8 Å². The number of aromatic nitrogens is 1. The van der Waals surface area contributed by atoms with Crippen molar-refractivity contribution in [2.75, 3.05) is 0 Å². The molecule has 3 heteroatoms. The summed E-state index contributed by atoms with van der Waals surface area (Å²) in [6, 6.07) is 34.4. The predicted molar refractivity (Wildman–Crippen MR) is 152 cm³/mol. The van der Waals surface area contributed by atoms with Crippen molar-refractivity contribution >= 4 is 57.9 Å². The first-order chi connectivity index (χ1) is 16.9. The largest absolute Gasteiger partial charge is 0.354 e. The van der Waals surface area contributed by atoms with Crippen molar-refractivity contribution in [1.82, 2.24) is 4.98 Å². The molecule has 1 N–H and O–H groups in total. The molecule has 0 bridgehead atoms. The Morgan fingerprint density at radius 2 is 1.53 bits per heavy atom. The molecule has 160 valence electrons. The number of benzene rings is 4. The molecule has 2 aliphatic rings. The molecule has 2 aliphatic heterocycles. The first-order valence-corrected chi connectivity index (χ1v) is 13.6. The van der Waals surface area contributed by atoms with Gasteiger partial charge < -0.3 is 4.98 Å². The van der Waals surface area contributed by atoms with Crippen LogP contribution in [0, 0.1) is 9.85 Å². The average molecular weight is 546 g/mol. The fourth-order valence-corrected chi connectivity index (χ4v) is 6.91. The lowest BCUT2D eigenvalue weighted by Gasteiger charge is -2.35. The first-order valence-electron chi connectivity index (χ1n) is 11.3. The van der Waals surface area contributed by atoms with E-state index < -0.39 is 5.41 Å². The van der Waals surface area contributed by atoms with Crippen LogP contribution in [0.4, 0.5) is 5.69 Å². The topological polar surface area (TPSA) is 28.1 Å². The highest BCUT2D eigenvalue weighted by atomic mass is 127. The van der Waals surface area contributed by atoms with E-state index in [1.807, 2.05) is 0 Å². The molecule has 0 fully saturated rings. The molecule has 5 aromatic rings. The van der Waals surface area contributed by atoms with Crippen molar-refractivity contribution in [2.45, 2.75) is 5.41 Å². The third-order valence-corrected chi connectivity index (χ3v) is 8.42. The Labute approximate surface area is 207 Å². The minimum Gasteiger partial charge on any atom is -0.354 e. The zero-order valence-corrected chi connectivity index (χ0v) is 20.4. The Morgan fingerprint density at radius 1 is 0.765 bits per heavy atom. The molecule has 0 saturated carbocycles. The molecule has 34 heavy (non-hydrogen) atoms. The molecular formula is C31H19IN2. The summed E-state index contributed by atoms with van der Waals surface area (Å²) in [5.74, 6) is 3.32. The van der Waals surface area contributed by atoms with Crippen LogP contribution in [0.15, 0.2) is 114 Å². The second kappa shape index (κ2) is 7.65. The maximum atomic E-state index is 5.35. The number of allylic oxidation sites excluding steroid dienone is 2. The highest BCUT2D eigenvalue weighted by molar-refractivity contribution is 14.2. The molecule has 0 spiro atoms. The van der Waals surface area contributed by atoms with Crippen LogP contribution >= 0.6 is 20.7 Å². The van der Waals surface area contributed by atoms with Crippen molar-refractivity contribution in [3.05, 3.63) is 125 Å². The van der Waals surface area contributed by atoms with E-state index in [0.29, 0.717) is 0 Å². The van der Waals surface area contributed by atoms with E-state index in [2.05, 4.69) is 122 Å². The van der Waals surface area contributed by atoms with Gasteiger partial charge >= 0.3 is 0 Å². The smallest absolute Gasteiger partial charge is 0.0932 e. The molecule has 2 nitrogen and oxygen atoms in total. The molecule has 1 unspecified atom stereocenters. The Balaban J connectivity index is 1.68. The lowest BCUT2D eigenvalue weighted by atomic mass is 9.65. The number of nitrogens with one attached hydrogen (secondary N) is 1. The van der Waals surface area contributed by atoms with E-state index in [9.17, 15) is 0 Å². The minimum absolute atomic E-state index is 0.332. The van der Waals surface area contributed by atoms with Crippen LogP contribution in [-0.2, 0) is 5.41 Å². The Morgan fingerprint density at radius 3 is 2.32 bits per heavy atom. The summed E-state index contributed by atoms with van der Waals surface area (Å²) < 4.78 is 5.71. The summed E-state index contributed by atoms with van der Waals surface area (Å²) >= 11 is -0.332. The zero-order chi connectivity index (χ0) is 22.5.